The van der Waals surface area contributed by atoms with Crippen LogP contribution in [0.25, 0.3) is 22.2 Å². The van der Waals surface area contributed by atoms with E-state index < -0.39 is 0 Å². The molecule has 0 fully saturated rings. The van der Waals surface area contributed by atoms with Crippen LogP contribution in [0, 0.1) is 13.8 Å². The molecule has 0 saturated heterocycles. The van der Waals surface area contributed by atoms with Crippen LogP contribution in [-0.4, -0.2) is 36.7 Å². The van der Waals surface area contributed by atoms with Crippen molar-refractivity contribution in [2.24, 2.45) is 0 Å². The van der Waals surface area contributed by atoms with Gasteiger partial charge in [-0.1, -0.05) is 6.07 Å². The number of aromatic nitrogens is 6. The molecule has 0 saturated carbocycles. The van der Waals surface area contributed by atoms with Crippen molar-refractivity contribution >= 4 is 16.9 Å². The fraction of sp³-hybridized carbons (Fsp3) is 0.250. The third-order valence-corrected chi connectivity index (χ3v) is 4.37. The molecule has 2 N–H and O–H groups in total. The molecule has 0 radical (unpaired) electrons. The number of pyridine rings is 1. The van der Waals surface area contributed by atoms with Gasteiger partial charge in [-0.05, 0) is 50.1 Å². The molecule has 0 amide bonds. The minimum absolute atomic E-state index is 0.630. The van der Waals surface area contributed by atoms with E-state index in [1.807, 2.05) is 13.8 Å². The monoisotopic (exact) mass is 359 g/mol. The van der Waals surface area contributed by atoms with E-state index in [9.17, 15) is 0 Å². The molecule has 4 rings (SSSR count). The average molecular weight is 359 g/mol. The zero-order chi connectivity index (χ0) is 18.8. The van der Waals surface area contributed by atoms with Crippen molar-refractivity contribution in [1.29, 1.82) is 0 Å². The van der Waals surface area contributed by atoms with Crippen LogP contribution in [0.4, 0.5) is 5.95 Å². The summed E-state index contributed by atoms with van der Waals surface area (Å²) in [5, 5.41) is 11.3. The first-order valence-electron chi connectivity index (χ1n) is 8.97. The standard InChI is InChI=1S/C20H21N7/c1-4-21-20-22-10-15(11-23-20)18-7-12(2)16-8-14(5-6-17(16)25-18)9-19-24-13(3)26-27-19/h5-8,10-11H,4,9H2,1-3H3,(H,21,22,23)(H,24,26,27). The molecule has 27 heavy (non-hydrogen) atoms. The summed E-state index contributed by atoms with van der Waals surface area (Å²) in [5.74, 6) is 2.26. The highest BCUT2D eigenvalue weighted by Gasteiger charge is 2.09. The molecule has 136 valence electrons. The second-order valence-corrected chi connectivity index (χ2v) is 6.52. The minimum atomic E-state index is 0.630. The predicted molar refractivity (Wildman–Crippen MR) is 106 cm³/mol. The van der Waals surface area contributed by atoms with Gasteiger partial charge in [0, 0.05) is 36.3 Å². The van der Waals surface area contributed by atoms with Crippen LogP contribution in [0.15, 0.2) is 36.7 Å². The first-order valence-corrected chi connectivity index (χ1v) is 8.97. The lowest BCUT2D eigenvalue weighted by atomic mass is 10.0. The van der Waals surface area contributed by atoms with Gasteiger partial charge in [-0.2, -0.15) is 5.10 Å². The number of nitrogens with one attached hydrogen (secondary N) is 2. The summed E-state index contributed by atoms with van der Waals surface area (Å²) in [7, 11) is 0. The van der Waals surface area contributed by atoms with Gasteiger partial charge in [0.25, 0.3) is 0 Å². The molecule has 0 atom stereocenters. The van der Waals surface area contributed by atoms with E-state index in [1.54, 1.807) is 12.4 Å². The SMILES string of the molecule is CCNc1ncc(-c2cc(C)c3cc(Cc4n[nH]c(C)n4)ccc3n2)cn1. The molecular formula is C20H21N7. The number of aromatic amines is 1. The Morgan fingerprint density at radius 1 is 1.04 bits per heavy atom. The number of hydrogen-bond acceptors (Lipinski definition) is 6. The van der Waals surface area contributed by atoms with Gasteiger partial charge in [0.1, 0.15) is 5.82 Å². The first kappa shape index (κ1) is 17.1. The molecule has 7 heteroatoms. The molecule has 0 aliphatic rings. The number of hydrogen-bond donors (Lipinski definition) is 2. The molecule has 0 spiro atoms. The third-order valence-electron chi connectivity index (χ3n) is 4.37. The number of aryl methyl sites for hydroxylation is 2. The molecule has 0 bridgehead atoms. The van der Waals surface area contributed by atoms with Crippen molar-refractivity contribution in [3.05, 3.63) is 59.4 Å². The zero-order valence-electron chi connectivity index (χ0n) is 15.6. The summed E-state index contributed by atoms with van der Waals surface area (Å²) in [6.45, 7) is 6.81. The molecule has 4 aromatic rings. The molecule has 7 nitrogen and oxygen atoms in total. The van der Waals surface area contributed by atoms with Crippen molar-refractivity contribution < 1.29 is 0 Å². The molecule has 0 unspecified atom stereocenters. The van der Waals surface area contributed by atoms with Gasteiger partial charge in [-0.3, -0.25) is 5.10 Å². The van der Waals surface area contributed by atoms with Crippen molar-refractivity contribution in [1.82, 2.24) is 30.1 Å². The van der Waals surface area contributed by atoms with E-state index in [2.05, 4.69) is 61.7 Å². The van der Waals surface area contributed by atoms with E-state index in [1.165, 1.54) is 5.56 Å². The van der Waals surface area contributed by atoms with E-state index in [0.717, 1.165) is 45.9 Å². The lowest BCUT2D eigenvalue weighted by Gasteiger charge is -2.09. The van der Waals surface area contributed by atoms with E-state index in [0.29, 0.717) is 12.4 Å². The van der Waals surface area contributed by atoms with Crippen LogP contribution >= 0.6 is 0 Å². The van der Waals surface area contributed by atoms with Crippen molar-refractivity contribution in [3.63, 3.8) is 0 Å². The summed E-state index contributed by atoms with van der Waals surface area (Å²) >= 11 is 0. The normalized spacial score (nSPS) is 11.1. The largest absolute Gasteiger partial charge is 0.355 e. The van der Waals surface area contributed by atoms with Crippen molar-refractivity contribution in [3.8, 4) is 11.3 Å². The zero-order valence-corrected chi connectivity index (χ0v) is 15.6. The molecule has 3 heterocycles. The predicted octanol–water partition coefficient (Wildman–Crippen LogP) is 3.45. The smallest absolute Gasteiger partial charge is 0.222 e. The number of fused-ring (bicyclic) bond motifs is 1. The second-order valence-electron chi connectivity index (χ2n) is 6.52. The Bertz CT molecular complexity index is 1080. The molecular weight excluding hydrogens is 338 g/mol. The highest BCUT2D eigenvalue weighted by Crippen LogP contribution is 2.25. The van der Waals surface area contributed by atoms with E-state index in [-0.39, 0.29) is 0 Å². The van der Waals surface area contributed by atoms with Gasteiger partial charge in [0.2, 0.25) is 5.95 Å². The Kier molecular flexibility index (Phi) is 4.50. The highest BCUT2D eigenvalue weighted by atomic mass is 15.2. The van der Waals surface area contributed by atoms with Gasteiger partial charge in [0.15, 0.2) is 5.82 Å². The number of benzene rings is 1. The van der Waals surface area contributed by atoms with Gasteiger partial charge < -0.3 is 5.32 Å². The maximum atomic E-state index is 4.80. The number of H-pyrrole nitrogens is 1. The molecule has 1 aromatic carbocycles. The third kappa shape index (κ3) is 3.62. The Hall–Kier alpha value is -3.35. The van der Waals surface area contributed by atoms with E-state index >= 15 is 0 Å². The molecule has 3 aromatic heterocycles. The summed E-state index contributed by atoms with van der Waals surface area (Å²) in [6.07, 6.45) is 4.30. The number of nitrogens with zero attached hydrogens (tertiary/aromatic N) is 5. The summed E-state index contributed by atoms with van der Waals surface area (Å²) in [5.41, 5.74) is 5.06. The second kappa shape index (κ2) is 7.11. The van der Waals surface area contributed by atoms with Gasteiger partial charge in [-0.15, -0.1) is 0 Å². The molecule has 0 aliphatic carbocycles. The molecule has 0 aliphatic heterocycles. The quantitative estimate of drug-likeness (QED) is 0.567. The van der Waals surface area contributed by atoms with Crippen LogP contribution in [0.3, 0.4) is 0 Å². The maximum Gasteiger partial charge on any atom is 0.222 e. The Morgan fingerprint density at radius 3 is 2.56 bits per heavy atom. The Morgan fingerprint density at radius 2 is 1.85 bits per heavy atom. The van der Waals surface area contributed by atoms with E-state index in [4.69, 9.17) is 4.98 Å². The fourth-order valence-corrected chi connectivity index (χ4v) is 3.06. The summed E-state index contributed by atoms with van der Waals surface area (Å²) in [6, 6.07) is 8.37. The fourth-order valence-electron chi connectivity index (χ4n) is 3.06. The number of rotatable bonds is 5. The Labute approximate surface area is 157 Å². The Balaban J connectivity index is 1.66. The topological polar surface area (TPSA) is 92.3 Å². The minimum Gasteiger partial charge on any atom is -0.355 e. The summed E-state index contributed by atoms with van der Waals surface area (Å²) in [4.78, 5) is 17.9. The van der Waals surface area contributed by atoms with Crippen LogP contribution < -0.4 is 5.32 Å². The van der Waals surface area contributed by atoms with Crippen LogP contribution in [-0.2, 0) is 6.42 Å². The van der Waals surface area contributed by atoms with Gasteiger partial charge in [0.05, 0.1) is 11.2 Å². The lowest BCUT2D eigenvalue weighted by molar-refractivity contribution is 0.970. The number of anilines is 1. The van der Waals surface area contributed by atoms with Crippen molar-refractivity contribution in [2.75, 3.05) is 11.9 Å². The highest BCUT2D eigenvalue weighted by molar-refractivity contribution is 5.85. The van der Waals surface area contributed by atoms with Crippen LogP contribution in [0.1, 0.15) is 29.7 Å². The summed E-state index contributed by atoms with van der Waals surface area (Å²) < 4.78 is 0. The average Bonchev–Trinajstić information content (AvgIpc) is 3.08. The van der Waals surface area contributed by atoms with Gasteiger partial charge in [-0.25, -0.2) is 19.9 Å². The van der Waals surface area contributed by atoms with Crippen LogP contribution in [0.5, 0.6) is 0 Å². The lowest BCUT2D eigenvalue weighted by Crippen LogP contribution is -2.01. The van der Waals surface area contributed by atoms with Gasteiger partial charge >= 0.3 is 0 Å². The van der Waals surface area contributed by atoms with Crippen LogP contribution in [0.2, 0.25) is 0 Å². The first-order chi connectivity index (χ1) is 13.1. The van der Waals surface area contributed by atoms with Crippen molar-refractivity contribution in [2.45, 2.75) is 27.2 Å². The maximum absolute atomic E-state index is 4.80.